The van der Waals surface area contributed by atoms with Crippen LogP contribution in [0, 0.1) is 0 Å². The second kappa shape index (κ2) is 11.5. The highest BCUT2D eigenvalue weighted by atomic mass is 32.2. The molecule has 3 heterocycles. The van der Waals surface area contributed by atoms with Crippen LogP contribution in [0.5, 0.6) is 0 Å². The number of hydrogen-bond acceptors (Lipinski definition) is 9. The van der Waals surface area contributed by atoms with E-state index < -0.39 is 10.0 Å². The lowest BCUT2D eigenvalue weighted by atomic mass is 10.0. The Morgan fingerprint density at radius 3 is 2.64 bits per heavy atom. The van der Waals surface area contributed by atoms with Gasteiger partial charge in [0.25, 0.3) is 0 Å². The molecule has 3 N–H and O–H groups in total. The van der Waals surface area contributed by atoms with Gasteiger partial charge in [-0.05, 0) is 70.5 Å². The molecular weight excluding hydrogens is 480 g/mol. The second-order valence-corrected chi connectivity index (χ2v) is 11.1. The lowest BCUT2D eigenvalue weighted by molar-refractivity contribution is 0.261. The van der Waals surface area contributed by atoms with Gasteiger partial charge in [0.05, 0.1) is 11.1 Å². The topological polar surface area (TPSA) is 128 Å². The molecule has 1 aliphatic heterocycles. The van der Waals surface area contributed by atoms with Crippen LogP contribution >= 0.6 is 0 Å². The molecule has 36 heavy (non-hydrogen) atoms. The quantitative estimate of drug-likeness (QED) is 0.351. The van der Waals surface area contributed by atoms with Crippen LogP contribution in [0.2, 0.25) is 0 Å². The zero-order chi connectivity index (χ0) is 25.7. The normalized spacial score (nSPS) is 16.7. The van der Waals surface area contributed by atoms with E-state index in [1.54, 1.807) is 35.0 Å². The van der Waals surface area contributed by atoms with Gasteiger partial charge in [0.1, 0.15) is 0 Å². The molecule has 2 aromatic heterocycles. The zero-order valence-corrected chi connectivity index (χ0v) is 22.0. The molecule has 0 amide bonds. The highest BCUT2D eigenvalue weighted by Crippen LogP contribution is 2.27. The standard InChI is InChI=1S/C24H36N8O3S/c1-4-18-17-25-32-22(18)28-23(31-14-6-5-7-20(31)12-16-33)29-24(32)27-19-8-10-21(11-9-19)36(34,35)26-13-15-30(2)3/h8-11,17,20,26,33H,4-7,12-16H2,1-3H3,(H,27,28,29)/t20-/m0/s1. The van der Waals surface area contributed by atoms with Crippen molar-refractivity contribution in [2.45, 2.75) is 50.0 Å². The summed E-state index contributed by atoms with van der Waals surface area (Å²) in [5, 5.41) is 17.4. The molecule has 0 radical (unpaired) electrons. The number of aliphatic hydroxyl groups excluding tert-OH is 1. The molecule has 3 aromatic rings. The Morgan fingerprint density at radius 1 is 1.17 bits per heavy atom. The highest BCUT2D eigenvalue weighted by molar-refractivity contribution is 7.89. The van der Waals surface area contributed by atoms with Gasteiger partial charge in [-0.1, -0.05) is 6.92 Å². The number of aliphatic hydroxyl groups is 1. The first-order valence-electron chi connectivity index (χ1n) is 12.5. The largest absolute Gasteiger partial charge is 0.396 e. The van der Waals surface area contributed by atoms with Crippen molar-refractivity contribution in [3.63, 3.8) is 0 Å². The van der Waals surface area contributed by atoms with E-state index in [-0.39, 0.29) is 17.5 Å². The summed E-state index contributed by atoms with van der Waals surface area (Å²) in [6.45, 7) is 3.98. The van der Waals surface area contributed by atoms with Gasteiger partial charge in [-0.3, -0.25) is 0 Å². The summed E-state index contributed by atoms with van der Waals surface area (Å²) < 4.78 is 29.5. The monoisotopic (exact) mass is 516 g/mol. The predicted octanol–water partition coefficient (Wildman–Crippen LogP) is 2.01. The fourth-order valence-corrected chi connectivity index (χ4v) is 5.44. The molecule has 0 spiro atoms. The molecule has 1 atom stereocenters. The number of aromatic nitrogens is 4. The number of nitrogens with one attached hydrogen (secondary N) is 2. The lowest BCUT2D eigenvalue weighted by Gasteiger charge is -2.35. The number of hydrogen-bond donors (Lipinski definition) is 3. The minimum Gasteiger partial charge on any atom is -0.396 e. The Bertz CT molecular complexity index is 1260. The van der Waals surface area contributed by atoms with Gasteiger partial charge < -0.3 is 20.2 Å². The van der Waals surface area contributed by atoms with Crippen molar-refractivity contribution < 1.29 is 13.5 Å². The van der Waals surface area contributed by atoms with Crippen LogP contribution in [0.3, 0.4) is 0 Å². The number of anilines is 3. The van der Waals surface area contributed by atoms with Crippen LogP contribution in [0.25, 0.3) is 5.65 Å². The van der Waals surface area contributed by atoms with E-state index >= 15 is 0 Å². The smallest absolute Gasteiger partial charge is 0.240 e. The van der Waals surface area contributed by atoms with Crippen LogP contribution in [-0.4, -0.2) is 84.4 Å². The van der Waals surface area contributed by atoms with Gasteiger partial charge in [0, 0.05) is 43.5 Å². The number of nitrogens with zero attached hydrogens (tertiary/aromatic N) is 6. The van der Waals surface area contributed by atoms with Crippen LogP contribution in [-0.2, 0) is 16.4 Å². The number of piperidine rings is 1. The maximum atomic E-state index is 12.6. The first-order valence-corrected chi connectivity index (χ1v) is 13.9. The molecular formula is C24H36N8O3S. The number of sulfonamides is 1. The Labute approximate surface area is 212 Å². The minimum atomic E-state index is -3.59. The molecule has 1 aliphatic rings. The minimum absolute atomic E-state index is 0.126. The SMILES string of the molecule is CCc1cnn2c(Nc3ccc(S(=O)(=O)NCCN(C)C)cc3)nc(N3CCCC[C@H]3CCO)nc12. The molecule has 12 heteroatoms. The molecule has 1 saturated heterocycles. The third-order valence-corrected chi connectivity index (χ3v) is 7.91. The fourth-order valence-electron chi connectivity index (χ4n) is 4.42. The van der Waals surface area contributed by atoms with Crippen molar-refractivity contribution >= 4 is 33.3 Å². The van der Waals surface area contributed by atoms with Gasteiger partial charge in [-0.15, -0.1) is 0 Å². The van der Waals surface area contributed by atoms with Gasteiger partial charge in [-0.25, -0.2) is 13.1 Å². The summed E-state index contributed by atoms with van der Waals surface area (Å²) in [4.78, 5) is 14.0. The number of aryl methyl sites for hydroxylation is 1. The number of likely N-dealkylation sites (N-methyl/N-ethyl adjacent to an activating group) is 1. The predicted molar refractivity (Wildman–Crippen MR) is 140 cm³/mol. The fraction of sp³-hybridized carbons (Fsp3) is 0.542. The molecule has 0 aliphatic carbocycles. The van der Waals surface area contributed by atoms with Crippen molar-refractivity contribution in [1.29, 1.82) is 0 Å². The average molecular weight is 517 g/mol. The summed E-state index contributed by atoms with van der Waals surface area (Å²) in [5.41, 5.74) is 2.44. The average Bonchev–Trinajstić information content (AvgIpc) is 3.28. The highest BCUT2D eigenvalue weighted by Gasteiger charge is 2.26. The Morgan fingerprint density at radius 2 is 1.94 bits per heavy atom. The van der Waals surface area contributed by atoms with Crippen LogP contribution in [0.15, 0.2) is 35.4 Å². The number of rotatable bonds is 11. The molecule has 0 saturated carbocycles. The molecule has 0 bridgehead atoms. The van der Waals surface area contributed by atoms with Crippen LogP contribution in [0.1, 0.15) is 38.2 Å². The molecule has 4 rings (SSSR count). The molecule has 1 fully saturated rings. The van der Waals surface area contributed by atoms with E-state index in [1.165, 1.54) is 0 Å². The Hall–Kier alpha value is -2.80. The first kappa shape index (κ1) is 26.3. The van der Waals surface area contributed by atoms with Gasteiger partial charge in [0.15, 0.2) is 5.65 Å². The molecule has 0 unspecified atom stereocenters. The van der Waals surface area contributed by atoms with E-state index in [0.29, 0.717) is 37.1 Å². The Kier molecular flexibility index (Phi) is 8.39. The lowest BCUT2D eigenvalue weighted by Crippen LogP contribution is -2.41. The van der Waals surface area contributed by atoms with E-state index in [0.717, 1.165) is 43.4 Å². The van der Waals surface area contributed by atoms with E-state index in [9.17, 15) is 13.5 Å². The Balaban J connectivity index is 1.62. The van der Waals surface area contributed by atoms with Gasteiger partial charge in [-0.2, -0.15) is 19.6 Å². The van der Waals surface area contributed by atoms with Crippen molar-refractivity contribution in [3.8, 4) is 0 Å². The zero-order valence-electron chi connectivity index (χ0n) is 21.2. The molecule has 196 valence electrons. The number of benzene rings is 1. The van der Waals surface area contributed by atoms with Crippen LogP contribution in [0.4, 0.5) is 17.6 Å². The summed E-state index contributed by atoms with van der Waals surface area (Å²) >= 11 is 0. The summed E-state index contributed by atoms with van der Waals surface area (Å²) in [7, 11) is 0.201. The third kappa shape index (κ3) is 5.94. The maximum absolute atomic E-state index is 12.6. The maximum Gasteiger partial charge on any atom is 0.240 e. The van der Waals surface area contributed by atoms with E-state index in [2.05, 4.69) is 27.0 Å². The van der Waals surface area contributed by atoms with Crippen molar-refractivity contribution in [1.82, 2.24) is 29.2 Å². The van der Waals surface area contributed by atoms with Gasteiger partial charge in [0.2, 0.25) is 21.9 Å². The summed E-state index contributed by atoms with van der Waals surface area (Å²) in [5.74, 6) is 1.12. The first-order chi connectivity index (χ1) is 17.3. The van der Waals surface area contributed by atoms with E-state index in [1.807, 2.05) is 19.0 Å². The van der Waals surface area contributed by atoms with Crippen molar-refractivity contribution in [2.75, 3.05) is 50.6 Å². The van der Waals surface area contributed by atoms with Crippen molar-refractivity contribution in [3.05, 3.63) is 36.0 Å². The molecule has 1 aromatic carbocycles. The number of fused-ring (bicyclic) bond motifs is 1. The second-order valence-electron chi connectivity index (χ2n) is 9.31. The van der Waals surface area contributed by atoms with Crippen LogP contribution < -0.4 is 14.9 Å². The summed E-state index contributed by atoms with van der Waals surface area (Å²) in [6, 6.07) is 6.77. The van der Waals surface area contributed by atoms with Crippen molar-refractivity contribution in [2.24, 2.45) is 0 Å². The third-order valence-electron chi connectivity index (χ3n) is 6.43. The van der Waals surface area contributed by atoms with Gasteiger partial charge >= 0.3 is 0 Å². The van der Waals surface area contributed by atoms with E-state index in [4.69, 9.17) is 9.97 Å². The summed E-state index contributed by atoms with van der Waals surface area (Å²) in [6.07, 6.45) is 6.44. The molecule has 11 nitrogen and oxygen atoms in total.